The van der Waals surface area contributed by atoms with Gasteiger partial charge in [0.1, 0.15) is 6.10 Å². The number of hydrogen-bond donors (Lipinski definition) is 1. The van der Waals surface area contributed by atoms with E-state index in [1.807, 2.05) is 56.3 Å². The number of aryl methyl sites for hydroxylation is 2. The van der Waals surface area contributed by atoms with Crippen LogP contribution in [0.4, 0.5) is 0 Å². The van der Waals surface area contributed by atoms with Crippen LogP contribution in [0.3, 0.4) is 0 Å². The van der Waals surface area contributed by atoms with E-state index in [0.29, 0.717) is 0 Å². The van der Waals surface area contributed by atoms with Gasteiger partial charge in [0.05, 0.1) is 0 Å². The van der Waals surface area contributed by atoms with Crippen LogP contribution in [0, 0.1) is 13.8 Å². The van der Waals surface area contributed by atoms with E-state index in [1.165, 1.54) is 0 Å². The van der Waals surface area contributed by atoms with Gasteiger partial charge >= 0.3 is 0 Å². The van der Waals surface area contributed by atoms with Crippen molar-refractivity contribution in [1.29, 1.82) is 0 Å². The van der Waals surface area contributed by atoms with Gasteiger partial charge in [-0.15, -0.1) is 0 Å². The monoisotopic (exact) mass is 340 g/mol. The number of aliphatic hydroxyl groups is 1. The average Bonchev–Trinajstić information content (AvgIpc) is 2.47. The lowest BCUT2D eigenvalue weighted by Crippen LogP contribution is -2.05. The Bertz CT molecular complexity index is 788. The highest BCUT2D eigenvalue weighted by Gasteiger charge is 2.18. The second-order valence-electron chi connectivity index (χ2n) is 5.39. The summed E-state index contributed by atoms with van der Waals surface area (Å²) in [5.74, 6) is 0. The van der Waals surface area contributed by atoms with E-state index in [9.17, 15) is 5.11 Å². The summed E-state index contributed by atoms with van der Waals surface area (Å²) in [5, 5.41) is 13.1. The number of benzene rings is 3. The number of hydrogen-bond acceptors (Lipinski definition) is 1. The molecule has 0 bridgehead atoms. The van der Waals surface area contributed by atoms with Crippen LogP contribution >= 0.6 is 15.9 Å². The number of rotatable bonds is 2. The lowest BCUT2D eigenvalue weighted by Gasteiger charge is -2.19. The molecule has 0 aliphatic rings. The highest BCUT2D eigenvalue weighted by Crippen LogP contribution is 2.35. The van der Waals surface area contributed by atoms with Crippen molar-refractivity contribution >= 4 is 26.7 Å². The maximum Gasteiger partial charge on any atom is 0.105 e. The molecule has 106 valence electrons. The number of fused-ring (bicyclic) bond motifs is 1. The van der Waals surface area contributed by atoms with Gasteiger partial charge in [0.25, 0.3) is 0 Å². The minimum Gasteiger partial charge on any atom is -0.384 e. The number of halogens is 1. The largest absolute Gasteiger partial charge is 0.384 e. The molecule has 1 atom stereocenters. The molecule has 1 unspecified atom stereocenters. The molecule has 3 aromatic rings. The highest BCUT2D eigenvalue weighted by atomic mass is 79.9. The quantitative estimate of drug-likeness (QED) is 0.670. The van der Waals surface area contributed by atoms with Crippen molar-refractivity contribution in [3.63, 3.8) is 0 Å². The van der Waals surface area contributed by atoms with E-state index in [2.05, 4.69) is 28.1 Å². The Balaban J connectivity index is 2.23. The molecule has 0 saturated carbocycles. The number of aliphatic hydroxyl groups excluding tert-OH is 1. The van der Waals surface area contributed by atoms with E-state index in [1.54, 1.807) is 0 Å². The summed E-state index contributed by atoms with van der Waals surface area (Å²) in [6, 6.07) is 18.3. The first kappa shape index (κ1) is 14.3. The van der Waals surface area contributed by atoms with Crippen LogP contribution in [0.5, 0.6) is 0 Å². The third-order valence-corrected chi connectivity index (χ3v) is 4.71. The summed E-state index contributed by atoms with van der Waals surface area (Å²) in [6.45, 7) is 4.10. The molecule has 3 rings (SSSR count). The third-order valence-electron chi connectivity index (χ3n) is 4.01. The van der Waals surface area contributed by atoms with Gasteiger partial charge < -0.3 is 5.11 Å². The molecule has 3 aromatic carbocycles. The second kappa shape index (κ2) is 5.63. The molecule has 2 heteroatoms. The molecule has 0 heterocycles. The van der Waals surface area contributed by atoms with Crippen molar-refractivity contribution in [2.24, 2.45) is 0 Å². The Hall–Kier alpha value is -1.64. The Morgan fingerprint density at radius 3 is 2.10 bits per heavy atom. The Morgan fingerprint density at radius 1 is 0.810 bits per heavy atom. The van der Waals surface area contributed by atoms with E-state index in [-0.39, 0.29) is 0 Å². The summed E-state index contributed by atoms with van der Waals surface area (Å²) in [6.07, 6.45) is -0.607. The molecule has 1 nitrogen and oxygen atoms in total. The summed E-state index contributed by atoms with van der Waals surface area (Å²) < 4.78 is 1.05. The molecule has 0 aliphatic carbocycles. The molecule has 0 fully saturated rings. The molecule has 21 heavy (non-hydrogen) atoms. The Labute approximate surface area is 133 Å². The summed E-state index contributed by atoms with van der Waals surface area (Å²) in [7, 11) is 0. The van der Waals surface area contributed by atoms with E-state index in [0.717, 1.165) is 37.5 Å². The van der Waals surface area contributed by atoms with Crippen LogP contribution in [-0.2, 0) is 0 Å². The SMILES string of the molecule is Cc1cccc(C)c1C(O)c1ccc(Br)c2ccccc12. The average molecular weight is 341 g/mol. The van der Waals surface area contributed by atoms with Gasteiger partial charge in [-0.1, -0.05) is 64.5 Å². The van der Waals surface area contributed by atoms with E-state index in [4.69, 9.17) is 0 Å². The predicted octanol–water partition coefficient (Wildman–Crippen LogP) is 5.30. The molecule has 0 radical (unpaired) electrons. The summed E-state index contributed by atoms with van der Waals surface area (Å²) in [4.78, 5) is 0. The zero-order valence-corrected chi connectivity index (χ0v) is 13.7. The van der Waals surface area contributed by atoms with Crippen molar-refractivity contribution in [1.82, 2.24) is 0 Å². The molecule has 0 saturated heterocycles. The molecule has 0 spiro atoms. The zero-order valence-electron chi connectivity index (χ0n) is 12.1. The molecular weight excluding hydrogens is 324 g/mol. The summed E-state index contributed by atoms with van der Waals surface area (Å²) in [5.41, 5.74) is 4.19. The molecule has 0 amide bonds. The first-order chi connectivity index (χ1) is 10.1. The van der Waals surface area contributed by atoms with Crippen LogP contribution in [-0.4, -0.2) is 5.11 Å². The fourth-order valence-corrected chi connectivity index (χ4v) is 3.42. The Kier molecular flexibility index (Phi) is 3.83. The summed E-state index contributed by atoms with van der Waals surface area (Å²) >= 11 is 3.58. The molecule has 0 aliphatic heterocycles. The van der Waals surface area contributed by atoms with E-state index < -0.39 is 6.10 Å². The van der Waals surface area contributed by atoms with E-state index >= 15 is 0 Å². The zero-order chi connectivity index (χ0) is 15.0. The predicted molar refractivity (Wildman–Crippen MR) is 91.6 cm³/mol. The smallest absolute Gasteiger partial charge is 0.105 e. The lowest BCUT2D eigenvalue weighted by atomic mass is 9.91. The standard InChI is InChI=1S/C19H17BrO/c1-12-6-5-7-13(2)18(12)19(21)16-10-11-17(20)15-9-4-3-8-14(15)16/h3-11,19,21H,1-2H3. The second-order valence-corrected chi connectivity index (χ2v) is 6.24. The fraction of sp³-hybridized carbons (Fsp3) is 0.158. The van der Waals surface area contributed by atoms with Crippen molar-refractivity contribution < 1.29 is 5.11 Å². The van der Waals surface area contributed by atoms with Crippen LogP contribution in [0.1, 0.15) is 28.4 Å². The van der Waals surface area contributed by atoms with Gasteiger partial charge in [0, 0.05) is 4.47 Å². The van der Waals surface area contributed by atoms with Gasteiger partial charge in [-0.3, -0.25) is 0 Å². The highest BCUT2D eigenvalue weighted by molar-refractivity contribution is 9.10. The van der Waals surface area contributed by atoms with Gasteiger partial charge in [0.15, 0.2) is 0 Å². The molecular formula is C19H17BrO. The van der Waals surface area contributed by atoms with Crippen molar-refractivity contribution in [3.05, 3.63) is 81.3 Å². The van der Waals surface area contributed by atoms with Gasteiger partial charge in [0.2, 0.25) is 0 Å². The normalized spacial score (nSPS) is 12.6. The third kappa shape index (κ3) is 2.50. The van der Waals surface area contributed by atoms with Gasteiger partial charge in [-0.05, 0) is 52.9 Å². The lowest BCUT2D eigenvalue weighted by molar-refractivity contribution is 0.220. The van der Waals surface area contributed by atoms with Crippen molar-refractivity contribution in [2.75, 3.05) is 0 Å². The van der Waals surface area contributed by atoms with Crippen LogP contribution in [0.2, 0.25) is 0 Å². The van der Waals surface area contributed by atoms with Gasteiger partial charge in [-0.25, -0.2) is 0 Å². The topological polar surface area (TPSA) is 20.2 Å². The van der Waals surface area contributed by atoms with Crippen LogP contribution < -0.4 is 0 Å². The maximum absolute atomic E-state index is 10.9. The van der Waals surface area contributed by atoms with Crippen molar-refractivity contribution in [2.45, 2.75) is 20.0 Å². The minimum absolute atomic E-state index is 0.607. The first-order valence-electron chi connectivity index (χ1n) is 7.01. The Morgan fingerprint density at radius 2 is 1.43 bits per heavy atom. The van der Waals surface area contributed by atoms with Crippen LogP contribution in [0.15, 0.2) is 59.1 Å². The molecule has 0 aromatic heterocycles. The fourth-order valence-electron chi connectivity index (χ4n) is 2.94. The van der Waals surface area contributed by atoms with Crippen LogP contribution in [0.25, 0.3) is 10.8 Å². The van der Waals surface area contributed by atoms with Crippen molar-refractivity contribution in [3.8, 4) is 0 Å². The maximum atomic E-state index is 10.9. The first-order valence-corrected chi connectivity index (χ1v) is 7.80. The van der Waals surface area contributed by atoms with Gasteiger partial charge in [-0.2, -0.15) is 0 Å². The minimum atomic E-state index is -0.607. The molecule has 1 N–H and O–H groups in total.